The Morgan fingerprint density at radius 1 is 1.44 bits per heavy atom. The van der Waals surface area contributed by atoms with Crippen LogP contribution in [0.1, 0.15) is 16.1 Å². The molecule has 3 rings (SSSR count). The maximum absolute atomic E-state index is 12.9. The van der Waals surface area contributed by atoms with Crippen molar-refractivity contribution in [2.45, 2.75) is 11.3 Å². The van der Waals surface area contributed by atoms with Crippen molar-refractivity contribution < 1.29 is 27.9 Å². The molecule has 8 nitrogen and oxygen atoms in total. The molecule has 10 heteroatoms. The van der Waals surface area contributed by atoms with E-state index in [1.165, 1.54) is 25.1 Å². The number of thiophene rings is 1. The van der Waals surface area contributed by atoms with Crippen molar-refractivity contribution >= 4 is 33.2 Å². The van der Waals surface area contributed by atoms with Crippen LogP contribution in [-0.4, -0.2) is 75.0 Å². The molecule has 2 atom stereocenters. The molecule has 2 fully saturated rings. The molecule has 2 aliphatic rings. The molecule has 2 aliphatic heterocycles. The van der Waals surface area contributed by atoms with Gasteiger partial charge >= 0.3 is 5.97 Å². The van der Waals surface area contributed by atoms with Crippen LogP contribution in [0, 0.1) is 11.3 Å². The Balaban J connectivity index is 1.91. The highest BCUT2D eigenvalue weighted by molar-refractivity contribution is 7.89. The molecule has 1 N–H and O–H groups in total. The van der Waals surface area contributed by atoms with Gasteiger partial charge in [-0.2, -0.15) is 0 Å². The van der Waals surface area contributed by atoms with Gasteiger partial charge in [-0.1, -0.05) is 0 Å². The van der Waals surface area contributed by atoms with Crippen molar-refractivity contribution in [3.63, 3.8) is 0 Å². The fourth-order valence-corrected chi connectivity index (χ4v) is 5.71. The van der Waals surface area contributed by atoms with E-state index >= 15 is 0 Å². The van der Waals surface area contributed by atoms with Crippen molar-refractivity contribution in [2.75, 3.05) is 40.4 Å². The number of carbonyl (C=O) groups is 2. The predicted octanol–water partition coefficient (Wildman–Crippen LogP) is 0.562. The van der Waals surface area contributed by atoms with Gasteiger partial charge in [0.15, 0.2) is 0 Å². The Bertz CT molecular complexity index is 803. The second-order valence-corrected chi connectivity index (χ2v) is 9.61. The Morgan fingerprint density at radius 2 is 2.16 bits per heavy atom. The lowest BCUT2D eigenvalue weighted by atomic mass is 9.74. The molecule has 0 bridgehead atoms. The van der Waals surface area contributed by atoms with Crippen LogP contribution in [0.5, 0.6) is 0 Å². The predicted molar refractivity (Wildman–Crippen MR) is 90.1 cm³/mol. The molecule has 0 aliphatic carbocycles. The van der Waals surface area contributed by atoms with E-state index in [-0.39, 0.29) is 28.8 Å². The molecule has 0 unspecified atom stereocenters. The number of rotatable bonds is 4. The summed E-state index contributed by atoms with van der Waals surface area (Å²) >= 11 is 1.05. The molecular formula is C15H20N2O6S2. The van der Waals surface area contributed by atoms with E-state index in [0.717, 1.165) is 15.6 Å². The summed E-state index contributed by atoms with van der Waals surface area (Å²) in [6.45, 7) is 0.979. The smallest absolute Gasteiger partial charge is 0.311 e. The topological polar surface area (TPSA) is 104 Å². The van der Waals surface area contributed by atoms with E-state index in [9.17, 15) is 23.1 Å². The standard InChI is InChI=1S/C15H20N2O6S2/c1-16(2)25(21,22)11-3-6-24-12(11)13(18)17-7-10-8-23-5-4-15(10,9-17)14(19)20/h3,6,10H,4-5,7-9H2,1-2H3,(H,19,20)/t10-,15+/m0/s1. The number of ether oxygens (including phenoxy) is 1. The molecule has 0 radical (unpaired) electrons. The highest BCUT2D eigenvalue weighted by Gasteiger charge is 2.55. The lowest BCUT2D eigenvalue weighted by Crippen LogP contribution is -2.45. The molecule has 1 aromatic heterocycles. The molecule has 0 aromatic carbocycles. The average molecular weight is 388 g/mol. The van der Waals surface area contributed by atoms with E-state index in [4.69, 9.17) is 4.74 Å². The number of carbonyl (C=O) groups excluding carboxylic acids is 1. The Labute approximate surface area is 150 Å². The summed E-state index contributed by atoms with van der Waals surface area (Å²) < 4.78 is 31.2. The van der Waals surface area contributed by atoms with Crippen LogP contribution >= 0.6 is 11.3 Å². The number of carboxylic acids is 1. The van der Waals surface area contributed by atoms with Gasteiger partial charge < -0.3 is 14.7 Å². The third-order valence-corrected chi connectivity index (χ3v) is 7.89. The number of aliphatic carboxylic acids is 1. The third-order valence-electron chi connectivity index (χ3n) is 5.00. The van der Waals surface area contributed by atoms with Gasteiger partial charge in [0.25, 0.3) is 5.91 Å². The summed E-state index contributed by atoms with van der Waals surface area (Å²) in [6, 6.07) is 1.41. The first-order chi connectivity index (χ1) is 11.7. The van der Waals surface area contributed by atoms with E-state index in [0.29, 0.717) is 19.6 Å². The van der Waals surface area contributed by atoms with E-state index in [1.54, 1.807) is 5.38 Å². The largest absolute Gasteiger partial charge is 0.481 e. The Kier molecular flexibility index (Phi) is 4.65. The summed E-state index contributed by atoms with van der Waals surface area (Å²) in [6.07, 6.45) is 0.351. The number of carboxylic acid groups (broad SMARTS) is 1. The van der Waals surface area contributed by atoms with Crippen molar-refractivity contribution in [3.8, 4) is 0 Å². The first-order valence-corrected chi connectivity index (χ1v) is 10.1. The molecule has 3 heterocycles. The van der Waals surface area contributed by atoms with Crippen molar-refractivity contribution in [1.29, 1.82) is 0 Å². The minimum Gasteiger partial charge on any atom is -0.481 e. The van der Waals surface area contributed by atoms with Crippen LogP contribution < -0.4 is 0 Å². The van der Waals surface area contributed by atoms with Gasteiger partial charge in [0.2, 0.25) is 10.0 Å². The van der Waals surface area contributed by atoms with Crippen LogP contribution in [0.3, 0.4) is 0 Å². The highest BCUT2D eigenvalue weighted by Crippen LogP contribution is 2.43. The van der Waals surface area contributed by atoms with Crippen molar-refractivity contribution in [1.82, 2.24) is 9.21 Å². The second kappa shape index (κ2) is 6.35. The molecule has 25 heavy (non-hydrogen) atoms. The first-order valence-electron chi connectivity index (χ1n) is 7.80. The summed E-state index contributed by atoms with van der Waals surface area (Å²) in [4.78, 5) is 26.3. The zero-order chi connectivity index (χ0) is 18.4. The van der Waals surface area contributed by atoms with Crippen LogP contribution in [0.2, 0.25) is 0 Å². The van der Waals surface area contributed by atoms with Gasteiger partial charge in [0.1, 0.15) is 9.77 Å². The van der Waals surface area contributed by atoms with Gasteiger partial charge in [0.05, 0.1) is 12.0 Å². The lowest BCUT2D eigenvalue weighted by molar-refractivity contribution is -0.157. The van der Waals surface area contributed by atoms with Gasteiger partial charge in [-0.05, 0) is 17.9 Å². The number of fused-ring (bicyclic) bond motifs is 1. The number of nitrogens with zero attached hydrogens (tertiary/aromatic N) is 2. The summed E-state index contributed by atoms with van der Waals surface area (Å²) in [5, 5.41) is 11.3. The molecule has 0 saturated carbocycles. The van der Waals surface area contributed by atoms with E-state index in [2.05, 4.69) is 0 Å². The van der Waals surface area contributed by atoms with E-state index in [1.807, 2.05) is 0 Å². The minimum absolute atomic E-state index is 0.0389. The van der Waals surface area contributed by atoms with Crippen LogP contribution in [-0.2, 0) is 19.6 Å². The molecule has 2 saturated heterocycles. The molecular weight excluding hydrogens is 368 g/mol. The summed E-state index contributed by atoms with van der Waals surface area (Å²) in [5.41, 5.74) is -1.01. The molecule has 0 spiro atoms. The van der Waals surface area contributed by atoms with Gasteiger partial charge in [-0.25, -0.2) is 12.7 Å². The normalized spacial score (nSPS) is 26.7. The summed E-state index contributed by atoms with van der Waals surface area (Å²) in [7, 11) is -0.931. The lowest BCUT2D eigenvalue weighted by Gasteiger charge is -2.33. The fourth-order valence-electron chi connectivity index (χ4n) is 3.45. The SMILES string of the molecule is CN(C)S(=O)(=O)c1ccsc1C(=O)N1C[C@H]2COCC[C@@]2(C(=O)O)C1. The minimum atomic E-state index is -3.74. The zero-order valence-electron chi connectivity index (χ0n) is 14.0. The first kappa shape index (κ1) is 18.3. The Hall–Kier alpha value is -1.49. The second-order valence-electron chi connectivity index (χ2n) is 6.57. The number of sulfonamides is 1. The number of likely N-dealkylation sites (tertiary alicyclic amines) is 1. The maximum atomic E-state index is 12.9. The number of hydrogen-bond acceptors (Lipinski definition) is 6. The van der Waals surface area contributed by atoms with Crippen LogP contribution in [0.15, 0.2) is 16.3 Å². The van der Waals surface area contributed by atoms with Gasteiger partial charge in [-0.3, -0.25) is 9.59 Å². The van der Waals surface area contributed by atoms with Gasteiger partial charge in [-0.15, -0.1) is 11.3 Å². The molecule has 138 valence electrons. The van der Waals surface area contributed by atoms with Crippen molar-refractivity contribution in [3.05, 3.63) is 16.3 Å². The molecule has 1 aromatic rings. The quantitative estimate of drug-likeness (QED) is 0.808. The number of amides is 1. The van der Waals surface area contributed by atoms with Crippen LogP contribution in [0.4, 0.5) is 0 Å². The van der Waals surface area contributed by atoms with E-state index < -0.39 is 27.3 Å². The molecule has 1 amide bonds. The average Bonchev–Trinajstić information content (AvgIpc) is 3.19. The third kappa shape index (κ3) is 2.86. The van der Waals surface area contributed by atoms with Gasteiger partial charge in [0, 0.05) is 39.7 Å². The monoisotopic (exact) mass is 388 g/mol. The van der Waals surface area contributed by atoms with Crippen molar-refractivity contribution in [2.24, 2.45) is 11.3 Å². The Morgan fingerprint density at radius 3 is 2.76 bits per heavy atom. The fraction of sp³-hybridized carbons (Fsp3) is 0.600. The van der Waals surface area contributed by atoms with Crippen LogP contribution in [0.25, 0.3) is 0 Å². The summed E-state index contributed by atoms with van der Waals surface area (Å²) in [5.74, 6) is -1.65. The zero-order valence-corrected chi connectivity index (χ0v) is 15.6. The highest BCUT2D eigenvalue weighted by atomic mass is 32.2. The maximum Gasteiger partial charge on any atom is 0.311 e. The number of hydrogen-bond donors (Lipinski definition) is 1.